The van der Waals surface area contributed by atoms with Crippen molar-refractivity contribution in [1.82, 2.24) is 5.32 Å². The largest absolute Gasteiger partial charge is 0.382 e. The molecule has 1 aliphatic heterocycles. The first kappa shape index (κ1) is 13.9. The van der Waals surface area contributed by atoms with Crippen molar-refractivity contribution in [2.24, 2.45) is 0 Å². The monoisotopic (exact) mass is 288 g/mol. The van der Waals surface area contributed by atoms with Gasteiger partial charge in [-0.1, -0.05) is 23.2 Å². The van der Waals surface area contributed by atoms with E-state index in [0.29, 0.717) is 22.1 Å². The standard InChI is InChI=1S/C13H18Cl2N2O/c1-9(6-11-8-18-5-4-16-11)17-10-2-3-12(14)13(15)7-10/h2-3,7,9,11,16-17H,4-6,8H2,1H3. The molecule has 3 nitrogen and oxygen atoms in total. The highest BCUT2D eigenvalue weighted by molar-refractivity contribution is 6.42. The summed E-state index contributed by atoms with van der Waals surface area (Å²) in [6, 6.07) is 6.37. The Morgan fingerprint density at radius 1 is 1.44 bits per heavy atom. The summed E-state index contributed by atoms with van der Waals surface area (Å²) in [7, 11) is 0. The zero-order valence-electron chi connectivity index (χ0n) is 10.4. The second-order valence-corrected chi connectivity index (χ2v) is 5.45. The number of halogens is 2. The van der Waals surface area contributed by atoms with Crippen LogP contribution in [0.1, 0.15) is 13.3 Å². The molecule has 5 heteroatoms. The lowest BCUT2D eigenvalue weighted by Crippen LogP contribution is -2.43. The van der Waals surface area contributed by atoms with Gasteiger partial charge in [0.05, 0.1) is 23.3 Å². The maximum absolute atomic E-state index is 5.98. The summed E-state index contributed by atoms with van der Waals surface area (Å²) in [6.45, 7) is 4.68. The Morgan fingerprint density at radius 2 is 2.28 bits per heavy atom. The van der Waals surface area contributed by atoms with Gasteiger partial charge < -0.3 is 15.4 Å². The summed E-state index contributed by atoms with van der Waals surface area (Å²) in [5.74, 6) is 0. The maximum Gasteiger partial charge on any atom is 0.0621 e. The van der Waals surface area contributed by atoms with Crippen molar-refractivity contribution in [1.29, 1.82) is 0 Å². The number of nitrogens with one attached hydrogen (secondary N) is 2. The Kier molecular flexibility index (Phi) is 5.13. The van der Waals surface area contributed by atoms with Gasteiger partial charge in [-0.15, -0.1) is 0 Å². The third kappa shape index (κ3) is 4.02. The van der Waals surface area contributed by atoms with Crippen LogP contribution in [-0.4, -0.2) is 31.8 Å². The molecule has 0 aliphatic carbocycles. The molecule has 2 N–H and O–H groups in total. The predicted molar refractivity (Wildman–Crippen MR) is 76.8 cm³/mol. The van der Waals surface area contributed by atoms with Gasteiger partial charge >= 0.3 is 0 Å². The fraction of sp³-hybridized carbons (Fsp3) is 0.538. The van der Waals surface area contributed by atoms with Gasteiger partial charge in [-0.05, 0) is 31.5 Å². The van der Waals surface area contributed by atoms with Crippen molar-refractivity contribution in [3.05, 3.63) is 28.2 Å². The topological polar surface area (TPSA) is 33.3 Å². The highest BCUT2D eigenvalue weighted by Crippen LogP contribution is 2.25. The maximum atomic E-state index is 5.98. The van der Waals surface area contributed by atoms with Gasteiger partial charge in [0.25, 0.3) is 0 Å². The van der Waals surface area contributed by atoms with E-state index in [1.807, 2.05) is 12.1 Å². The zero-order chi connectivity index (χ0) is 13.0. The molecule has 1 aliphatic rings. The molecule has 0 amide bonds. The summed E-state index contributed by atoms with van der Waals surface area (Å²) in [5, 5.41) is 8.02. The first-order valence-corrected chi connectivity index (χ1v) is 6.93. The first-order valence-electron chi connectivity index (χ1n) is 6.18. The first-order chi connectivity index (χ1) is 8.65. The van der Waals surface area contributed by atoms with Crippen LogP contribution in [0.5, 0.6) is 0 Å². The van der Waals surface area contributed by atoms with Gasteiger partial charge in [-0.3, -0.25) is 0 Å². The van der Waals surface area contributed by atoms with Crippen molar-refractivity contribution in [3.63, 3.8) is 0 Å². The van der Waals surface area contributed by atoms with Crippen LogP contribution in [0.3, 0.4) is 0 Å². The average Bonchev–Trinajstić information content (AvgIpc) is 2.35. The minimum absolute atomic E-state index is 0.349. The molecular weight excluding hydrogens is 271 g/mol. The molecule has 0 radical (unpaired) electrons. The van der Waals surface area contributed by atoms with Crippen LogP contribution in [0.15, 0.2) is 18.2 Å². The summed E-state index contributed by atoms with van der Waals surface area (Å²) in [6.07, 6.45) is 1.01. The molecule has 2 atom stereocenters. The van der Waals surface area contributed by atoms with Gasteiger partial charge in [0.15, 0.2) is 0 Å². The van der Waals surface area contributed by atoms with E-state index >= 15 is 0 Å². The number of anilines is 1. The van der Waals surface area contributed by atoms with Gasteiger partial charge in [0.2, 0.25) is 0 Å². The smallest absolute Gasteiger partial charge is 0.0621 e. The molecule has 1 fully saturated rings. The third-order valence-corrected chi connectivity index (χ3v) is 3.71. The van der Waals surface area contributed by atoms with Crippen molar-refractivity contribution >= 4 is 28.9 Å². The molecule has 0 bridgehead atoms. The molecule has 0 aromatic heterocycles. The van der Waals surface area contributed by atoms with E-state index in [9.17, 15) is 0 Å². The quantitative estimate of drug-likeness (QED) is 0.893. The van der Waals surface area contributed by atoms with E-state index in [1.165, 1.54) is 0 Å². The number of hydrogen-bond acceptors (Lipinski definition) is 3. The van der Waals surface area contributed by atoms with Crippen LogP contribution >= 0.6 is 23.2 Å². The van der Waals surface area contributed by atoms with E-state index < -0.39 is 0 Å². The fourth-order valence-electron chi connectivity index (χ4n) is 2.13. The Balaban J connectivity index is 1.85. The van der Waals surface area contributed by atoms with Crippen molar-refractivity contribution in [2.75, 3.05) is 25.1 Å². The van der Waals surface area contributed by atoms with Gasteiger partial charge in [0.1, 0.15) is 0 Å². The molecule has 1 aromatic carbocycles. The number of morpholine rings is 1. The molecule has 2 unspecified atom stereocenters. The molecule has 18 heavy (non-hydrogen) atoms. The van der Waals surface area contributed by atoms with Gasteiger partial charge in [-0.2, -0.15) is 0 Å². The Morgan fingerprint density at radius 3 is 2.94 bits per heavy atom. The summed E-state index contributed by atoms with van der Waals surface area (Å²) >= 11 is 11.9. The summed E-state index contributed by atoms with van der Waals surface area (Å²) in [5.41, 5.74) is 0.994. The van der Waals surface area contributed by atoms with Gasteiger partial charge in [-0.25, -0.2) is 0 Å². The molecule has 0 saturated carbocycles. The highest BCUT2D eigenvalue weighted by atomic mass is 35.5. The van der Waals surface area contributed by atoms with Crippen LogP contribution < -0.4 is 10.6 Å². The Bertz CT molecular complexity index is 395. The van der Waals surface area contributed by atoms with E-state index in [0.717, 1.165) is 31.9 Å². The van der Waals surface area contributed by atoms with Crippen LogP contribution in [-0.2, 0) is 4.74 Å². The van der Waals surface area contributed by atoms with Crippen LogP contribution in [0.4, 0.5) is 5.69 Å². The Hall–Kier alpha value is -0.480. The van der Waals surface area contributed by atoms with E-state index in [2.05, 4.69) is 17.6 Å². The molecular formula is C13H18Cl2N2O. The van der Waals surface area contributed by atoms with Crippen molar-refractivity contribution in [2.45, 2.75) is 25.4 Å². The molecule has 0 spiro atoms. The van der Waals surface area contributed by atoms with Crippen LogP contribution in [0.25, 0.3) is 0 Å². The van der Waals surface area contributed by atoms with E-state index in [1.54, 1.807) is 6.07 Å². The summed E-state index contributed by atoms with van der Waals surface area (Å²) < 4.78 is 5.44. The number of hydrogen-bond donors (Lipinski definition) is 2. The number of ether oxygens (including phenoxy) is 1. The minimum atomic E-state index is 0.349. The second kappa shape index (κ2) is 6.62. The molecule has 1 saturated heterocycles. The van der Waals surface area contributed by atoms with Crippen molar-refractivity contribution < 1.29 is 4.74 Å². The SMILES string of the molecule is CC(CC1COCCN1)Nc1ccc(Cl)c(Cl)c1. The molecule has 2 rings (SSSR count). The second-order valence-electron chi connectivity index (χ2n) is 4.64. The molecule has 1 heterocycles. The zero-order valence-corrected chi connectivity index (χ0v) is 11.9. The number of rotatable bonds is 4. The average molecular weight is 289 g/mol. The molecule has 100 valence electrons. The molecule has 1 aromatic rings. The lowest BCUT2D eigenvalue weighted by atomic mass is 10.1. The Labute approximate surface area is 118 Å². The number of benzene rings is 1. The normalized spacial score (nSPS) is 21.6. The third-order valence-electron chi connectivity index (χ3n) is 2.97. The van der Waals surface area contributed by atoms with Gasteiger partial charge in [0, 0.05) is 24.3 Å². The lowest BCUT2D eigenvalue weighted by Gasteiger charge is -2.27. The fourth-order valence-corrected chi connectivity index (χ4v) is 2.43. The lowest BCUT2D eigenvalue weighted by molar-refractivity contribution is 0.0731. The minimum Gasteiger partial charge on any atom is -0.382 e. The highest BCUT2D eigenvalue weighted by Gasteiger charge is 2.16. The van der Waals surface area contributed by atoms with E-state index in [4.69, 9.17) is 27.9 Å². The van der Waals surface area contributed by atoms with E-state index in [-0.39, 0.29) is 0 Å². The van der Waals surface area contributed by atoms with Crippen molar-refractivity contribution in [3.8, 4) is 0 Å². The van der Waals surface area contributed by atoms with Crippen LogP contribution in [0.2, 0.25) is 10.0 Å². The predicted octanol–water partition coefficient (Wildman–Crippen LogP) is 3.17. The summed E-state index contributed by atoms with van der Waals surface area (Å²) in [4.78, 5) is 0. The van der Waals surface area contributed by atoms with Crippen LogP contribution in [0, 0.1) is 0 Å².